The number of nitrogens with zero attached hydrogens (tertiary/aromatic N) is 2. The van der Waals surface area contributed by atoms with Gasteiger partial charge in [0, 0.05) is 12.1 Å². The molecule has 1 aromatic carbocycles. The van der Waals surface area contributed by atoms with E-state index in [0.29, 0.717) is 21.7 Å². The minimum absolute atomic E-state index is 0.177. The van der Waals surface area contributed by atoms with Crippen LogP contribution >= 0.6 is 11.6 Å². The van der Waals surface area contributed by atoms with E-state index >= 15 is 0 Å². The highest BCUT2D eigenvalue weighted by molar-refractivity contribution is 6.31. The summed E-state index contributed by atoms with van der Waals surface area (Å²) in [6.07, 6.45) is 1.51. The molecule has 0 fully saturated rings. The molecule has 0 unspecified atom stereocenters. The van der Waals surface area contributed by atoms with Crippen molar-refractivity contribution in [2.75, 3.05) is 0 Å². The lowest BCUT2D eigenvalue weighted by molar-refractivity contribution is 0.0940. The molecule has 2 heterocycles. The van der Waals surface area contributed by atoms with Gasteiger partial charge in [0.2, 0.25) is 5.43 Å². The molecular formula is C15H12ClN3O3. The van der Waals surface area contributed by atoms with Gasteiger partial charge in [0.25, 0.3) is 5.91 Å². The van der Waals surface area contributed by atoms with Crippen LogP contribution in [0.5, 0.6) is 0 Å². The van der Waals surface area contributed by atoms with Crippen molar-refractivity contribution >= 4 is 28.4 Å². The lowest BCUT2D eigenvalue weighted by atomic mass is 10.2. The highest BCUT2D eigenvalue weighted by Gasteiger charge is 2.16. The maximum Gasteiger partial charge on any atom is 0.276 e. The van der Waals surface area contributed by atoms with Crippen molar-refractivity contribution in [1.29, 1.82) is 0 Å². The van der Waals surface area contributed by atoms with E-state index in [1.807, 2.05) is 0 Å². The first kappa shape index (κ1) is 14.3. The summed E-state index contributed by atoms with van der Waals surface area (Å²) in [4.78, 5) is 24.6. The predicted octanol–water partition coefficient (Wildman–Crippen LogP) is 2.11. The molecule has 1 N–H and O–H groups in total. The Balaban J connectivity index is 1.98. The molecule has 0 aliphatic rings. The summed E-state index contributed by atoms with van der Waals surface area (Å²) in [5.41, 5.74) is -0.0200. The predicted molar refractivity (Wildman–Crippen MR) is 81.9 cm³/mol. The molecule has 3 rings (SSSR count). The number of benzene rings is 1. The number of amides is 1. The lowest BCUT2D eigenvalue weighted by Gasteiger charge is -2.08. The minimum atomic E-state index is -0.557. The number of carbonyl (C=O) groups is 1. The fourth-order valence-electron chi connectivity index (χ4n) is 2.16. The second-order valence-corrected chi connectivity index (χ2v) is 5.16. The number of halogens is 1. The van der Waals surface area contributed by atoms with E-state index in [0.717, 1.165) is 0 Å². The number of aromatic nitrogens is 2. The zero-order valence-corrected chi connectivity index (χ0v) is 12.4. The fourth-order valence-corrected chi connectivity index (χ4v) is 2.33. The molecule has 0 aliphatic heterocycles. The second kappa shape index (κ2) is 5.65. The van der Waals surface area contributed by atoms with Crippen LogP contribution in [0.4, 0.5) is 0 Å². The number of hydrogen-bond donors (Lipinski definition) is 1. The van der Waals surface area contributed by atoms with Crippen LogP contribution in [-0.2, 0) is 13.6 Å². The highest BCUT2D eigenvalue weighted by Crippen LogP contribution is 2.15. The average Bonchev–Trinajstić information content (AvgIpc) is 3.01. The van der Waals surface area contributed by atoms with Crippen molar-refractivity contribution in [3.63, 3.8) is 0 Å². The molecule has 2 aromatic heterocycles. The summed E-state index contributed by atoms with van der Waals surface area (Å²) >= 11 is 5.92. The topological polar surface area (TPSA) is 77.1 Å². The van der Waals surface area contributed by atoms with Crippen LogP contribution in [0.2, 0.25) is 5.02 Å². The van der Waals surface area contributed by atoms with Gasteiger partial charge in [0.15, 0.2) is 5.69 Å². The summed E-state index contributed by atoms with van der Waals surface area (Å²) in [5.74, 6) is 0.0351. The number of aryl methyl sites for hydroxylation is 1. The van der Waals surface area contributed by atoms with E-state index in [4.69, 9.17) is 16.0 Å². The van der Waals surface area contributed by atoms with Crippen molar-refractivity contribution < 1.29 is 9.21 Å². The van der Waals surface area contributed by atoms with Gasteiger partial charge < -0.3 is 9.73 Å². The number of fused-ring (bicyclic) bond motifs is 1. The van der Waals surface area contributed by atoms with Crippen molar-refractivity contribution in [1.82, 2.24) is 15.1 Å². The van der Waals surface area contributed by atoms with E-state index < -0.39 is 11.3 Å². The third kappa shape index (κ3) is 2.60. The summed E-state index contributed by atoms with van der Waals surface area (Å²) in [7, 11) is 1.67. The molecule has 0 aliphatic carbocycles. The Hall–Kier alpha value is -2.60. The monoisotopic (exact) mass is 317 g/mol. The maximum absolute atomic E-state index is 12.4. The SMILES string of the molecule is Cn1nc(C(=O)NCc2ccco2)c(=O)c2cc(Cl)ccc21. The quantitative estimate of drug-likeness (QED) is 0.802. The number of hydrogen-bond acceptors (Lipinski definition) is 4. The third-order valence-corrected chi connectivity index (χ3v) is 3.47. The Labute approximate surface area is 130 Å². The molecule has 0 bridgehead atoms. The first-order valence-corrected chi connectivity index (χ1v) is 6.91. The molecule has 0 spiro atoms. The Morgan fingerprint density at radius 3 is 2.95 bits per heavy atom. The number of furan rings is 1. The van der Waals surface area contributed by atoms with Gasteiger partial charge in [-0.25, -0.2) is 0 Å². The fraction of sp³-hybridized carbons (Fsp3) is 0.133. The van der Waals surface area contributed by atoms with Crippen LogP contribution in [0.15, 0.2) is 45.8 Å². The van der Waals surface area contributed by atoms with E-state index in [1.54, 1.807) is 31.3 Å². The van der Waals surface area contributed by atoms with Gasteiger partial charge in [-0.2, -0.15) is 5.10 Å². The molecule has 0 saturated heterocycles. The molecule has 0 atom stereocenters. The van der Waals surface area contributed by atoms with Gasteiger partial charge in [0.1, 0.15) is 5.76 Å². The standard InChI is InChI=1S/C15H12ClN3O3/c1-19-12-5-4-9(16)7-11(12)14(20)13(18-19)15(21)17-8-10-3-2-6-22-10/h2-7H,8H2,1H3,(H,17,21). The van der Waals surface area contributed by atoms with Crippen molar-refractivity contribution in [2.24, 2.45) is 7.05 Å². The Morgan fingerprint density at radius 1 is 1.41 bits per heavy atom. The number of nitrogens with one attached hydrogen (secondary N) is 1. The van der Waals surface area contributed by atoms with Crippen LogP contribution in [0.1, 0.15) is 16.2 Å². The first-order chi connectivity index (χ1) is 10.6. The van der Waals surface area contributed by atoms with Gasteiger partial charge in [-0.1, -0.05) is 11.6 Å². The van der Waals surface area contributed by atoms with Crippen LogP contribution in [-0.4, -0.2) is 15.7 Å². The first-order valence-electron chi connectivity index (χ1n) is 6.53. The number of carbonyl (C=O) groups excluding carboxylic acids is 1. The van der Waals surface area contributed by atoms with Crippen LogP contribution in [0.3, 0.4) is 0 Å². The zero-order valence-electron chi connectivity index (χ0n) is 11.7. The van der Waals surface area contributed by atoms with Gasteiger partial charge in [-0.15, -0.1) is 0 Å². The molecule has 0 radical (unpaired) electrons. The summed E-state index contributed by atoms with van der Waals surface area (Å²) in [6.45, 7) is 0.185. The number of rotatable bonds is 3. The Bertz CT molecular complexity index is 900. The Kier molecular flexibility index (Phi) is 3.68. The van der Waals surface area contributed by atoms with Crippen molar-refractivity contribution in [3.8, 4) is 0 Å². The van der Waals surface area contributed by atoms with E-state index in [-0.39, 0.29) is 12.2 Å². The molecule has 7 heteroatoms. The van der Waals surface area contributed by atoms with E-state index in [2.05, 4.69) is 10.4 Å². The lowest BCUT2D eigenvalue weighted by Crippen LogP contribution is -2.31. The van der Waals surface area contributed by atoms with Gasteiger partial charge in [-0.05, 0) is 30.3 Å². The third-order valence-electron chi connectivity index (χ3n) is 3.24. The average molecular weight is 318 g/mol. The molecular weight excluding hydrogens is 306 g/mol. The summed E-state index contributed by atoms with van der Waals surface area (Å²) in [5, 5.41) is 7.44. The largest absolute Gasteiger partial charge is 0.467 e. The normalized spacial score (nSPS) is 10.8. The maximum atomic E-state index is 12.4. The molecule has 3 aromatic rings. The zero-order chi connectivity index (χ0) is 15.7. The summed E-state index contributed by atoms with van der Waals surface area (Å²) in [6, 6.07) is 8.34. The minimum Gasteiger partial charge on any atom is -0.467 e. The Morgan fingerprint density at radius 2 is 2.23 bits per heavy atom. The molecule has 22 heavy (non-hydrogen) atoms. The van der Waals surface area contributed by atoms with Crippen molar-refractivity contribution in [3.05, 3.63) is 63.3 Å². The second-order valence-electron chi connectivity index (χ2n) is 4.72. The van der Waals surface area contributed by atoms with E-state index in [1.165, 1.54) is 17.0 Å². The highest BCUT2D eigenvalue weighted by atomic mass is 35.5. The summed E-state index contributed by atoms with van der Waals surface area (Å²) < 4.78 is 6.60. The molecule has 1 amide bonds. The molecule has 112 valence electrons. The molecule has 0 saturated carbocycles. The van der Waals surface area contributed by atoms with Crippen LogP contribution < -0.4 is 10.7 Å². The van der Waals surface area contributed by atoms with E-state index in [9.17, 15) is 9.59 Å². The van der Waals surface area contributed by atoms with Gasteiger partial charge >= 0.3 is 0 Å². The van der Waals surface area contributed by atoms with Gasteiger partial charge in [0.05, 0.1) is 23.7 Å². The smallest absolute Gasteiger partial charge is 0.276 e. The van der Waals surface area contributed by atoms with Gasteiger partial charge in [-0.3, -0.25) is 14.3 Å². The van der Waals surface area contributed by atoms with Crippen molar-refractivity contribution in [2.45, 2.75) is 6.54 Å². The molecule has 6 nitrogen and oxygen atoms in total. The van der Waals surface area contributed by atoms with Crippen LogP contribution in [0.25, 0.3) is 10.9 Å². The van der Waals surface area contributed by atoms with Crippen LogP contribution in [0, 0.1) is 0 Å².